The number of rotatable bonds is 9. The van der Waals surface area contributed by atoms with Crippen molar-refractivity contribution in [3.8, 4) is 0 Å². The Bertz CT molecular complexity index is 669. The van der Waals surface area contributed by atoms with E-state index < -0.39 is 10.0 Å². The SMILES string of the molecule is CCCN(CC(=O)Nc1cccc(S(=O)(=O)N(C)C)c1)CC1CC1. The number of sulfonamides is 1. The number of anilines is 1. The fourth-order valence-corrected chi connectivity index (χ4v) is 3.51. The summed E-state index contributed by atoms with van der Waals surface area (Å²) >= 11 is 0. The maximum atomic E-state index is 12.3. The van der Waals surface area contributed by atoms with Crippen LogP contribution in [0.1, 0.15) is 26.2 Å². The van der Waals surface area contributed by atoms with E-state index in [0.29, 0.717) is 12.2 Å². The molecule has 1 aromatic carbocycles. The van der Waals surface area contributed by atoms with Crippen LogP contribution in [0.4, 0.5) is 5.69 Å². The van der Waals surface area contributed by atoms with Gasteiger partial charge in [-0.25, -0.2) is 12.7 Å². The van der Waals surface area contributed by atoms with Gasteiger partial charge in [0.1, 0.15) is 0 Å². The maximum Gasteiger partial charge on any atom is 0.242 e. The van der Waals surface area contributed by atoms with Crippen LogP contribution in [0.15, 0.2) is 29.2 Å². The van der Waals surface area contributed by atoms with Crippen molar-refractivity contribution < 1.29 is 13.2 Å². The van der Waals surface area contributed by atoms with E-state index in [1.54, 1.807) is 12.1 Å². The second-order valence-electron chi connectivity index (χ2n) is 6.54. The molecule has 6 nitrogen and oxygen atoms in total. The molecule has 0 radical (unpaired) electrons. The molecule has 0 aliphatic heterocycles. The third-order valence-corrected chi connectivity index (χ3v) is 5.83. The average Bonchev–Trinajstić information content (AvgIpc) is 3.31. The third-order valence-electron chi connectivity index (χ3n) is 4.02. The lowest BCUT2D eigenvalue weighted by Crippen LogP contribution is -2.35. The second-order valence-corrected chi connectivity index (χ2v) is 8.69. The zero-order chi connectivity index (χ0) is 17.7. The molecule has 24 heavy (non-hydrogen) atoms. The van der Waals surface area contributed by atoms with Crippen LogP contribution in [-0.4, -0.2) is 57.3 Å². The number of carbonyl (C=O) groups is 1. The van der Waals surface area contributed by atoms with Gasteiger partial charge in [0.05, 0.1) is 11.4 Å². The van der Waals surface area contributed by atoms with Gasteiger partial charge >= 0.3 is 0 Å². The topological polar surface area (TPSA) is 69.7 Å². The van der Waals surface area contributed by atoms with E-state index in [1.807, 2.05) is 0 Å². The first-order valence-corrected chi connectivity index (χ1v) is 9.81. The highest BCUT2D eigenvalue weighted by molar-refractivity contribution is 7.89. The third kappa shape index (κ3) is 5.29. The molecule has 1 aliphatic rings. The van der Waals surface area contributed by atoms with Gasteiger partial charge in [-0.3, -0.25) is 9.69 Å². The number of benzene rings is 1. The molecule has 0 bridgehead atoms. The van der Waals surface area contributed by atoms with Crippen molar-refractivity contribution in [1.82, 2.24) is 9.21 Å². The van der Waals surface area contributed by atoms with Crippen molar-refractivity contribution in [3.05, 3.63) is 24.3 Å². The Morgan fingerprint density at radius 1 is 1.29 bits per heavy atom. The first-order valence-electron chi connectivity index (χ1n) is 8.37. The van der Waals surface area contributed by atoms with Crippen molar-refractivity contribution in [2.75, 3.05) is 39.0 Å². The molecule has 1 saturated carbocycles. The Morgan fingerprint density at radius 2 is 2.00 bits per heavy atom. The molecule has 0 unspecified atom stereocenters. The molecule has 2 rings (SSSR count). The Balaban J connectivity index is 2.00. The molecule has 1 aromatic rings. The molecule has 7 heteroatoms. The van der Waals surface area contributed by atoms with E-state index in [2.05, 4.69) is 17.1 Å². The molecule has 0 spiro atoms. The van der Waals surface area contributed by atoms with Crippen molar-refractivity contribution in [2.45, 2.75) is 31.1 Å². The first kappa shape index (κ1) is 18.9. The summed E-state index contributed by atoms with van der Waals surface area (Å²) in [5.41, 5.74) is 0.505. The number of hydrogen-bond donors (Lipinski definition) is 1. The first-order chi connectivity index (χ1) is 11.3. The maximum absolute atomic E-state index is 12.3. The average molecular weight is 353 g/mol. The molecule has 1 amide bonds. The van der Waals surface area contributed by atoms with Gasteiger partial charge in [0, 0.05) is 26.3 Å². The molecule has 0 saturated heterocycles. The fraction of sp³-hybridized carbons (Fsp3) is 0.588. The Morgan fingerprint density at radius 3 is 2.58 bits per heavy atom. The van der Waals surface area contributed by atoms with Crippen LogP contribution in [0.25, 0.3) is 0 Å². The van der Waals surface area contributed by atoms with E-state index in [4.69, 9.17) is 0 Å². The minimum atomic E-state index is -3.50. The van der Waals surface area contributed by atoms with Gasteiger partial charge < -0.3 is 5.32 Å². The molecular weight excluding hydrogens is 326 g/mol. The molecule has 134 valence electrons. The van der Waals surface area contributed by atoms with E-state index in [-0.39, 0.29) is 10.8 Å². The van der Waals surface area contributed by atoms with Gasteiger partial charge in [-0.05, 0) is 49.9 Å². The summed E-state index contributed by atoms with van der Waals surface area (Å²) in [4.78, 5) is 14.6. The standard InChI is InChI=1S/C17H27N3O3S/c1-4-10-20(12-14-8-9-14)13-17(21)18-15-6-5-7-16(11-15)24(22,23)19(2)3/h5-7,11,14H,4,8-10,12-13H2,1-3H3,(H,18,21). The number of carbonyl (C=O) groups excluding carboxylic acids is 1. The molecule has 0 aromatic heterocycles. The van der Waals surface area contributed by atoms with E-state index in [1.165, 1.54) is 39.1 Å². The zero-order valence-corrected chi connectivity index (χ0v) is 15.5. The van der Waals surface area contributed by atoms with Crippen LogP contribution < -0.4 is 5.32 Å². The van der Waals surface area contributed by atoms with Crippen molar-refractivity contribution in [1.29, 1.82) is 0 Å². The predicted molar refractivity (Wildman–Crippen MR) is 95.4 cm³/mol. The van der Waals surface area contributed by atoms with E-state index >= 15 is 0 Å². The summed E-state index contributed by atoms with van der Waals surface area (Å²) in [6, 6.07) is 6.37. The molecule has 1 N–H and O–H groups in total. The van der Waals surface area contributed by atoms with Crippen LogP contribution in [-0.2, 0) is 14.8 Å². The summed E-state index contributed by atoms with van der Waals surface area (Å²) < 4.78 is 25.5. The number of amides is 1. The lowest BCUT2D eigenvalue weighted by molar-refractivity contribution is -0.117. The highest BCUT2D eigenvalue weighted by Crippen LogP contribution is 2.29. The highest BCUT2D eigenvalue weighted by atomic mass is 32.2. The summed E-state index contributed by atoms with van der Waals surface area (Å²) in [7, 11) is -0.528. The largest absolute Gasteiger partial charge is 0.325 e. The van der Waals surface area contributed by atoms with Gasteiger partial charge in [-0.1, -0.05) is 13.0 Å². The Hall–Kier alpha value is -1.44. The van der Waals surface area contributed by atoms with Gasteiger partial charge in [-0.15, -0.1) is 0 Å². The Kier molecular flexibility index (Phi) is 6.37. The summed E-state index contributed by atoms with van der Waals surface area (Å²) in [5, 5.41) is 2.81. The monoisotopic (exact) mass is 353 g/mol. The zero-order valence-electron chi connectivity index (χ0n) is 14.7. The van der Waals surface area contributed by atoms with Gasteiger partial charge in [0.15, 0.2) is 0 Å². The normalized spacial score (nSPS) is 15.0. The predicted octanol–water partition coefficient (Wildman–Crippen LogP) is 2.00. The summed E-state index contributed by atoms with van der Waals surface area (Å²) in [6.07, 6.45) is 3.52. The smallest absolute Gasteiger partial charge is 0.242 e. The lowest BCUT2D eigenvalue weighted by atomic mass is 10.3. The van der Waals surface area contributed by atoms with Crippen LogP contribution in [0.3, 0.4) is 0 Å². The van der Waals surface area contributed by atoms with Crippen molar-refractivity contribution in [3.63, 3.8) is 0 Å². The van der Waals surface area contributed by atoms with Crippen LogP contribution >= 0.6 is 0 Å². The molecule has 0 heterocycles. The minimum absolute atomic E-state index is 0.108. The molecule has 1 aliphatic carbocycles. The minimum Gasteiger partial charge on any atom is -0.325 e. The number of nitrogens with one attached hydrogen (secondary N) is 1. The molecular formula is C17H27N3O3S. The molecule has 0 atom stereocenters. The van der Waals surface area contributed by atoms with Crippen LogP contribution in [0, 0.1) is 5.92 Å². The highest BCUT2D eigenvalue weighted by Gasteiger charge is 2.25. The number of hydrogen-bond acceptors (Lipinski definition) is 4. The van der Waals surface area contributed by atoms with E-state index in [0.717, 1.165) is 29.7 Å². The van der Waals surface area contributed by atoms with Crippen LogP contribution in [0.2, 0.25) is 0 Å². The summed E-state index contributed by atoms with van der Waals surface area (Å²) in [6.45, 7) is 4.32. The van der Waals surface area contributed by atoms with E-state index in [9.17, 15) is 13.2 Å². The quantitative estimate of drug-likeness (QED) is 0.737. The van der Waals surface area contributed by atoms with Gasteiger partial charge in [0.2, 0.25) is 15.9 Å². The van der Waals surface area contributed by atoms with Crippen molar-refractivity contribution >= 4 is 21.6 Å². The fourth-order valence-electron chi connectivity index (χ4n) is 2.57. The Labute approximate surface area is 144 Å². The van der Waals surface area contributed by atoms with Gasteiger partial charge in [-0.2, -0.15) is 0 Å². The lowest BCUT2D eigenvalue weighted by Gasteiger charge is -2.21. The number of nitrogens with zero attached hydrogens (tertiary/aromatic N) is 2. The summed E-state index contributed by atoms with van der Waals surface area (Å²) in [5.74, 6) is 0.626. The van der Waals surface area contributed by atoms with Crippen LogP contribution in [0.5, 0.6) is 0 Å². The second kappa shape index (κ2) is 8.09. The van der Waals surface area contributed by atoms with Crippen molar-refractivity contribution in [2.24, 2.45) is 5.92 Å². The van der Waals surface area contributed by atoms with Gasteiger partial charge in [0.25, 0.3) is 0 Å². The molecule has 1 fully saturated rings.